The Bertz CT molecular complexity index is 568. The molecule has 4 nitrogen and oxygen atoms in total. The minimum absolute atomic E-state index is 0. The number of hydrogen-bond acceptors (Lipinski definition) is 3. The lowest BCUT2D eigenvalue weighted by Crippen LogP contribution is -2.63. The molecule has 7 heteroatoms. The first-order valence-corrected chi connectivity index (χ1v) is 9.05. The summed E-state index contributed by atoms with van der Waals surface area (Å²) in [4.78, 5) is 14.9. The van der Waals surface area contributed by atoms with Gasteiger partial charge in [0, 0.05) is 30.2 Å². The SMILES string of the molecule is Cl.O=C(CN1CCNCC12CCCCC2)Nc1cc(Cl)ccc1Cl. The molecule has 1 heterocycles. The molecule has 0 unspecified atom stereocenters. The van der Waals surface area contributed by atoms with Crippen LogP contribution < -0.4 is 10.6 Å². The molecule has 3 rings (SSSR count). The Labute approximate surface area is 159 Å². The lowest BCUT2D eigenvalue weighted by molar-refractivity contribution is -0.120. The summed E-state index contributed by atoms with van der Waals surface area (Å²) in [6.07, 6.45) is 6.15. The maximum Gasteiger partial charge on any atom is 0.238 e. The van der Waals surface area contributed by atoms with Crippen molar-refractivity contribution in [3.05, 3.63) is 28.2 Å². The van der Waals surface area contributed by atoms with Crippen molar-refractivity contribution in [1.29, 1.82) is 0 Å². The molecular formula is C17H24Cl3N3O. The number of benzene rings is 1. The van der Waals surface area contributed by atoms with Gasteiger partial charge in [-0.1, -0.05) is 42.5 Å². The van der Waals surface area contributed by atoms with Gasteiger partial charge in [-0.15, -0.1) is 12.4 Å². The van der Waals surface area contributed by atoms with E-state index in [1.165, 1.54) is 32.1 Å². The van der Waals surface area contributed by atoms with Gasteiger partial charge >= 0.3 is 0 Å². The second kappa shape index (κ2) is 8.72. The van der Waals surface area contributed by atoms with Crippen molar-refractivity contribution in [3.63, 3.8) is 0 Å². The standard InChI is InChI=1S/C17H23Cl2N3O.ClH/c18-13-4-5-14(19)15(10-13)21-16(23)11-22-9-8-20-12-17(22)6-2-1-3-7-17;/h4-5,10,20H,1-3,6-9,11-12H2,(H,21,23);1H. The van der Waals surface area contributed by atoms with Crippen molar-refractivity contribution in [1.82, 2.24) is 10.2 Å². The molecule has 2 fully saturated rings. The fraction of sp³-hybridized carbons (Fsp3) is 0.588. The highest BCUT2D eigenvalue weighted by Crippen LogP contribution is 2.34. The lowest BCUT2D eigenvalue weighted by atomic mass is 9.79. The largest absolute Gasteiger partial charge is 0.324 e. The summed E-state index contributed by atoms with van der Waals surface area (Å²) in [5, 5.41) is 7.48. The van der Waals surface area contributed by atoms with Crippen molar-refractivity contribution in [2.75, 3.05) is 31.5 Å². The minimum atomic E-state index is -0.0268. The highest BCUT2D eigenvalue weighted by molar-refractivity contribution is 6.35. The highest BCUT2D eigenvalue weighted by Gasteiger charge is 2.40. The Kier molecular flexibility index (Phi) is 7.20. The molecule has 24 heavy (non-hydrogen) atoms. The van der Waals surface area contributed by atoms with Crippen molar-refractivity contribution >= 4 is 47.2 Å². The molecule has 2 N–H and O–H groups in total. The van der Waals surface area contributed by atoms with E-state index >= 15 is 0 Å². The topological polar surface area (TPSA) is 44.4 Å². The zero-order valence-corrected chi connectivity index (χ0v) is 15.9. The summed E-state index contributed by atoms with van der Waals surface area (Å²) in [6.45, 7) is 3.24. The number of hydrogen-bond donors (Lipinski definition) is 2. The third-order valence-corrected chi connectivity index (χ3v) is 5.57. The van der Waals surface area contributed by atoms with E-state index < -0.39 is 0 Å². The molecule has 0 bridgehead atoms. The number of amides is 1. The summed E-state index contributed by atoms with van der Waals surface area (Å²) in [5.74, 6) is -0.0268. The van der Waals surface area contributed by atoms with Gasteiger partial charge in [-0.25, -0.2) is 0 Å². The number of carbonyl (C=O) groups excluding carboxylic acids is 1. The Morgan fingerprint density at radius 1 is 1.25 bits per heavy atom. The first-order chi connectivity index (χ1) is 11.1. The molecule has 134 valence electrons. The van der Waals surface area contributed by atoms with Crippen LogP contribution in [-0.2, 0) is 4.79 Å². The van der Waals surface area contributed by atoms with E-state index in [0.29, 0.717) is 22.3 Å². The monoisotopic (exact) mass is 391 g/mol. The molecule has 1 saturated carbocycles. The molecule has 1 spiro atoms. The van der Waals surface area contributed by atoms with Gasteiger partial charge < -0.3 is 10.6 Å². The number of rotatable bonds is 3. The number of nitrogens with zero attached hydrogens (tertiary/aromatic N) is 1. The first kappa shape index (κ1) is 19.8. The molecule has 2 aliphatic rings. The van der Waals surface area contributed by atoms with Gasteiger partial charge in [-0.2, -0.15) is 0 Å². The number of anilines is 1. The summed E-state index contributed by atoms with van der Waals surface area (Å²) in [6, 6.07) is 5.11. The van der Waals surface area contributed by atoms with Gasteiger partial charge in [0.05, 0.1) is 17.3 Å². The second-order valence-electron chi connectivity index (χ2n) is 6.56. The van der Waals surface area contributed by atoms with Gasteiger partial charge in [-0.05, 0) is 31.0 Å². The van der Waals surface area contributed by atoms with E-state index in [2.05, 4.69) is 15.5 Å². The summed E-state index contributed by atoms with van der Waals surface area (Å²) in [7, 11) is 0. The third kappa shape index (κ3) is 4.55. The molecule has 1 saturated heterocycles. The van der Waals surface area contributed by atoms with Crippen molar-refractivity contribution in [3.8, 4) is 0 Å². The van der Waals surface area contributed by atoms with Crippen molar-refractivity contribution < 1.29 is 4.79 Å². The van der Waals surface area contributed by atoms with Gasteiger partial charge in [0.1, 0.15) is 0 Å². The van der Waals surface area contributed by atoms with Gasteiger partial charge in [-0.3, -0.25) is 9.69 Å². The molecule has 1 aliphatic carbocycles. The molecule has 0 aromatic heterocycles. The maximum atomic E-state index is 12.5. The molecule has 1 amide bonds. The molecule has 1 aromatic carbocycles. The van der Waals surface area contributed by atoms with Crippen LogP contribution in [0.5, 0.6) is 0 Å². The van der Waals surface area contributed by atoms with E-state index in [0.717, 1.165) is 19.6 Å². The average Bonchev–Trinajstić information content (AvgIpc) is 2.54. The number of carbonyl (C=O) groups is 1. The Morgan fingerprint density at radius 3 is 2.75 bits per heavy atom. The maximum absolute atomic E-state index is 12.5. The fourth-order valence-corrected chi connectivity index (χ4v) is 4.13. The Hall–Kier alpha value is -0.520. The third-order valence-electron chi connectivity index (χ3n) is 5.00. The van der Waals surface area contributed by atoms with Crippen LogP contribution in [0.15, 0.2) is 18.2 Å². The van der Waals surface area contributed by atoms with E-state index in [-0.39, 0.29) is 23.9 Å². The Balaban J connectivity index is 0.00000208. The quantitative estimate of drug-likeness (QED) is 0.818. The molecule has 1 aliphatic heterocycles. The summed E-state index contributed by atoms with van der Waals surface area (Å²) >= 11 is 12.1. The Morgan fingerprint density at radius 2 is 2.00 bits per heavy atom. The van der Waals surface area contributed by atoms with Crippen LogP contribution in [0, 0.1) is 0 Å². The summed E-state index contributed by atoms with van der Waals surface area (Å²) in [5.41, 5.74) is 0.725. The zero-order valence-electron chi connectivity index (χ0n) is 13.6. The zero-order chi connectivity index (χ0) is 16.3. The van der Waals surface area contributed by atoms with Gasteiger partial charge in [0.25, 0.3) is 0 Å². The minimum Gasteiger partial charge on any atom is -0.324 e. The molecule has 1 aromatic rings. The highest BCUT2D eigenvalue weighted by atomic mass is 35.5. The van der Waals surface area contributed by atoms with E-state index in [9.17, 15) is 4.79 Å². The van der Waals surface area contributed by atoms with Crippen LogP contribution >= 0.6 is 35.6 Å². The smallest absolute Gasteiger partial charge is 0.238 e. The normalized spacial score (nSPS) is 20.4. The molecular weight excluding hydrogens is 369 g/mol. The van der Waals surface area contributed by atoms with E-state index in [1.54, 1.807) is 18.2 Å². The van der Waals surface area contributed by atoms with E-state index in [4.69, 9.17) is 23.2 Å². The number of halogens is 3. The molecule has 0 radical (unpaired) electrons. The van der Waals surface area contributed by atoms with Crippen LogP contribution in [0.4, 0.5) is 5.69 Å². The predicted octanol–water partition coefficient (Wildman–Crippen LogP) is 3.96. The number of nitrogens with one attached hydrogen (secondary N) is 2. The van der Waals surface area contributed by atoms with Crippen LogP contribution in [-0.4, -0.2) is 42.5 Å². The van der Waals surface area contributed by atoms with Crippen molar-refractivity contribution in [2.45, 2.75) is 37.6 Å². The van der Waals surface area contributed by atoms with Gasteiger partial charge in [0.2, 0.25) is 5.91 Å². The second-order valence-corrected chi connectivity index (χ2v) is 7.40. The van der Waals surface area contributed by atoms with Crippen LogP contribution in [0.3, 0.4) is 0 Å². The number of piperazine rings is 1. The van der Waals surface area contributed by atoms with Crippen LogP contribution in [0.2, 0.25) is 10.0 Å². The van der Waals surface area contributed by atoms with Crippen molar-refractivity contribution in [2.24, 2.45) is 0 Å². The van der Waals surface area contributed by atoms with Crippen LogP contribution in [0.25, 0.3) is 0 Å². The summed E-state index contributed by atoms with van der Waals surface area (Å²) < 4.78 is 0. The molecule has 0 atom stereocenters. The fourth-order valence-electron chi connectivity index (χ4n) is 3.79. The average molecular weight is 393 g/mol. The van der Waals surface area contributed by atoms with Gasteiger partial charge in [0.15, 0.2) is 0 Å². The lowest BCUT2D eigenvalue weighted by Gasteiger charge is -2.49. The van der Waals surface area contributed by atoms with Crippen LogP contribution in [0.1, 0.15) is 32.1 Å². The first-order valence-electron chi connectivity index (χ1n) is 8.30. The predicted molar refractivity (Wildman–Crippen MR) is 103 cm³/mol. The van der Waals surface area contributed by atoms with E-state index in [1.807, 2.05) is 0 Å².